The molecule has 2 heterocycles. The van der Waals surface area contributed by atoms with Crippen molar-refractivity contribution in [1.82, 2.24) is 15.6 Å². The number of nitrogens with zero attached hydrogens (tertiary/aromatic N) is 2. The number of guanidine groups is 1. The Bertz CT molecular complexity index is 656. The van der Waals surface area contributed by atoms with Crippen molar-refractivity contribution in [3.8, 4) is 10.8 Å². The summed E-state index contributed by atoms with van der Waals surface area (Å²) in [7, 11) is 1.81. The molecule has 0 spiro atoms. The van der Waals surface area contributed by atoms with E-state index in [0.717, 1.165) is 23.1 Å². The van der Waals surface area contributed by atoms with Crippen molar-refractivity contribution in [1.29, 1.82) is 0 Å². The van der Waals surface area contributed by atoms with Gasteiger partial charge in [0.15, 0.2) is 5.96 Å². The third-order valence-electron chi connectivity index (χ3n) is 4.99. The molecule has 6 heteroatoms. The maximum Gasteiger partial charge on any atom is 0.236 e. The first-order chi connectivity index (χ1) is 11.7. The summed E-state index contributed by atoms with van der Waals surface area (Å²) in [5, 5.41) is 8.84. The van der Waals surface area contributed by atoms with Crippen molar-refractivity contribution in [2.24, 2.45) is 10.4 Å². The predicted molar refractivity (Wildman–Crippen MR) is 99.2 cm³/mol. The SMILES string of the molecule is CCC1(CNC(=NC)NCc2coc(-c3cccs3)n2)CCCC1. The Morgan fingerprint density at radius 1 is 1.38 bits per heavy atom. The molecule has 1 aliphatic carbocycles. The van der Waals surface area contributed by atoms with Crippen molar-refractivity contribution in [3.63, 3.8) is 0 Å². The summed E-state index contributed by atoms with van der Waals surface area (Å²) in [6, 6.07) is 4.01. The second-order valence-corrected chi connectivity index (χ2v) is 7.41. The standard InChI is InChI=1S/C18H26N4OS/c1-3-18(8-4-5-9-18)13-21-17(19-2)20-11-14-12-23-16(22-14)15-7-6-10-24-15/h6-7,10,12H,3-5,8-9,11,13H2,1-2H3,(H2,19,20,21). The number of thiophene rings is 1. The Kier molecular flexibility index (Phi) is 5.56. The topological polar surface area (TPSA) is 62.5 Å². The molecule has 2 aromatic heterocycles. The lowest BCUT2D eigenvalue weighted by Crippen LogP contribution is -2.42. The highest BCUT2D eigenvalue weighted by Crippen LogP contribution is 2.40. The molecule has 0 radical (unpaired) electrons. The molecule has 24 heavy (non-hydrogen) atoms. The van der Waals surface area contributed by atoms with Gasteiger partial charge in [0, 0.05) is 13.6 Å². The lowest BCUT2D eigenvalue weighted by molar-refractivity contribution is 0.283. The zero-order chi connectivity index (χ0) is 16.8. The van der Waals surface area contributed by atoms with Crippen LogP contribution >= 0.6 is 11.3 Å². The van der Waals surface area contributed by atoms with Gasteiger partial charge in [-0.2, -0.15) is 0 Å². The highest BCUT2D eigenvalue weighted by atomic mass is 32.1. The lowest BCUT2D eigenvalue weighted by atomic mass is 9.83. The van der Waals surface area contributed by atoms with Gasteiger partial charge in [-0.3, -0.25) is 4.99 Å². The van der Waals surface area contributed by atoms with Crippen LogP contribution in [-0.2, 0) is 6.54 Å². The molecular formula is C18H26N4OS. The van der Waals surface area contributed by atoms with Gasteiger partial charge >= 0.3 is 0 Å². The number of aliphatic imine (C=N–C) groups is 1. The van der Waals surface area contributed by atoms with Crippen LogP contribution in [-0.4, -0.2) is 24.5 Å². The summed E-state index contributed by atoms with van der Waals surface area (Å²) in [6.45, 7) is 3.89. The Morgan fingerprint density at radius 2 is 2.21 bits per heavy atom. The fourth-order valence-corrected chi connectivity index (χ4v) is 4.00. The van der Waals surface area contributed by atoms with E-state index < -0.39 is 0 Å². The first-order valence-corrected chi connectivity index (χ1v) is 9.55. The number of hydrogen-bond acceptors (Lipinski definition) is 4. The first-order valence-electron chi connectivity index (χ1n) is 8.67. The van der Waals surface area contributed by atoms with E-state index in [1.54, 1.807) is 17.6 Å². The Hall–Kier alpha value is -1.82. The molecule has 0 aliphatic heterocycles. The highest BCUT2D eigenvalue weighted by Gasteiger charge is 2.31. The summed E-state index contributed by atoms with van der Waals surface area (Å²) in [5.74, 6) is 1.51. The molecular weight excluding hydrogens is 320 g/mol. The number of nitrogens with one attached hydrogen (secondary N) is 2. The van der Waals surface area contributed by atoms with E-state index in [1.807, 2.05) is 24.6 Å². The van der Waals surface area contributed by atoms with E-state index in [2.05, 4.69) is 27.5 Å². The van der Waals surface area contributed by atoms with E-state index in [4.69, 9.17) is 4.42 Å². The molecule has 1 aliphatic rings. The number of rotatable bonds is 6. The van der Waals surface area contributed by atoms with Crippen LogP contribution in [0.25, 0.3) is 10.8 Å². The first kappa shape index (κ1) is 17.0. The van der Waals surface area contributed by atoms with E-state index in [9.17, 15) is 0 Å². The van der Waals surface area contributed by atoms with E-state index in [1.165, 1.54) is 32.1 Å². The normalized spacial score (nSPS) is 17.2. The molecule has 0 bridgehead atoms. The molecule has 0 saturated heterocycles. The quantitative estimate of drug-likeness (QED) is 0.612. The van der Waals surface area contributed by atoms with Gasteiger partial charge in [0.05, 0.1) is 17.1 Å². The molecule has 2 N–H and O–H groups in total. The van der Waals surface area contributed by atoms with Gasteiger partial charge in [0.1, 0.15) is 6.26 Å². The lowest BCUT2D eigenvalue weighted by Gasteiger charge is -2.28. The van der Waals surface area contributed by atoms with Crippen LogP contribution in [0.15, 0.2) is 33.2 Å². The van der Waals surface area contributed by atoms with Crippen LogP contribution < -0.4 is 10.6 Å². The van der Waals surface area contributed by atoms with Gasteiger partial charge in [0.2, 0.25) is 5.89 Å². The molecule has 0 unspecified atom stereocenters. The maximum absolute atomic E-state index is 5.55. The zero-order valence-electron chi connectivity index (χ0n) is 14.5. The van der Waals surface area contributed by atoms with Crippen LogP contribution in [0, 0.1) is 5.41 Å². The summed E-state index contributed by atoms with van der Waals surface area (Å²) in [4.78, 5) is 9.90. The largest absolute Gasteiger partial charge is 0.443 e. The molecule has 1 fully saturated rings. The van der Waals surface area contributed by atoms with E-state index >= 15 is 0 Å². The maximum atomic E-state index is 5.55. The van der Waals surface area contributed by atoms with Crippen molar-refractivity contribution in [2.75, 3.05) is 13.6 Å². The molecule has 130 valence electrons. The number of oxazole rings is 1. The molecule has 1 saturated carbocycles. The highest BCUT2D eigenvalue weighted by molar-refractivity contribution is 7.13. The van der Waals surface area contributed by atoms with Crippen molar-refractivity contribution >= 4 is 17.3 Å². The minimum absolute atomic E-state index is 0.442. The van der Waals surface area contributed by atoms with Gasteiger partial charge in [-0.1, -0.05) is 25.8 Å². The second kappa shape index (κ2) is 7.83. The van der Waals surface area contributed by atoms with Crippen molar-refractivity contribution in [3.05, 3.63) is 29.5 Å². The van der Waals surface area contributed by atoms with Crippen LogP contribution in [0.3, 0.4) is 0 Å². The average molecular weight is 347 g/mol. The average Bonchev–Trinajstić information content (AvgIpc) is 3.36. The van der Waals surface area contributed by atoms with Gasteiger partial charge in [0.25, 0.3) is 0 Å². The van der Waals surface area contributed by atoms with Gasteiger partial charge in [-0.25, -0.2) is 4.98 Å². The van der Waals surface area contributed by atoms with E-state index in [-0.39, 0.29) is 0 Å². The predicted octanol–water partition coefficient (Wildman–Crippen LogP) is 4.04. The fraction of sp³-hybridized carbons (Fsp3) is 0.556. The van der Waals surface area contributed by atoms with Crippen LogP contribution in [0.4, 0.5) is 0 Å². The summed E-state index contributed by atoms with van der Waals surface area (Å²) in [6.07, 6.45) is 8.28. The van der Waals surface area contributed by atoms with Crippen LogP contribution in [0.5, 0.6) is 0 Å². The monoisotopic (exact) mass is 346 g/mol. The fourth-order valence-electron chi connectivity index (χ4n) is 3.35. The summed E-state index contributed by atoms with van der Waals surface area (Å²) in [5.41, 5.74) is 1.32. The summed E-state index contributed by atoms with van der Waals surface area (Å²) < 4.78 is 5.55. The number of aromatic nitrogens is 1. The molecule has 0 aromatic carbocycles. The van der Waals surface area contributed by atoms with Gasteiger partial charge < -0.3 is 15.1 Å². The zero-order valence-corrected chi connectivity index (χ0v) is 15.3. The Morgan fingerprint density at radius 3 is 2.88 bits per heavy atom. The minimum Gasteiger partial charge on any atom is -0.443 e. The molecule has 3 rings (SSSR count). The summed E-state index contributed by atoms with van der Waals surface area (Å²) >= 11 is 1.63. The van der Waals surface area contributed by atoms with Crippen LogP contribution in [0.2, 0.25) is 0 Å². The Labute approximate surface area is 147 Å². The van der Waals surface area contributed by atoms with E-state index in [0.29, 0.717) is 17.9 Å². The second-order valence-electron chi connectivity index (χ2n) is 6.46. The molecule has 5 nitrogen and oxygen atoms in total. The van der Waals surface area contributed by atoms with Gasteiger partial charge in [-0.05, 0) is 36.1 Å². The third kappa shape index (κ3) is 3.98. The van der Waals surface area contributed by atoms with Crippen molar-refractivity contribution < 1.29 is 4.42 Å². The number of hydrogen-bond donors (Lipinski definition) is 2. The molecule has 2 aromatic rings. The third-order valence-corrected chi connectivity index (χ3v) is 5.85. The van der Waals surface area contributed by atoms with Crippen molar-refractivity contribution in [2.45, 2.75) is 45.6 Å². The smallest absolute Gasteiger partial charge is 0.236 e. The molecule has 0 amide bonds. The minimum atomic E-state index is 0.442. The Balaban J connectivity index is 1.51. The van der Waals surface area contributed by atoms with Crippen LogP contribution in [0.1, 0.15) is 44.7 Å². The molecule has 0 atom stereocenters. The van der Waals surface area contributed by atoms with Gasteiger partial charge in [-0.15, -0.1) is 11.3 Å².